The van der Waals surface area contributed by atoms with Crippen molar-refractivity contribution in [2.24, 2.45) is 11.8 Å². The topological polar surface area (TPSA) is 49.0 Å². The highest BCUT2D eigenvalue weighted by molar-refractivity contribution is 5.92. The van der Waals surface area contributed by atoms with E-state index in [-0.39, 0.29) is 5.91 Å². The number of rotatable bonds is 1. The molecule has 1 amide bonds. The first-order chi connectivity index (χ1) is 7.83. The number of nitrogens with zero attached hydrogens (tertiary/aromatic N) is 2. The highest BCUT2D eigenvalue weighted by Gasteiger charge is 2.32. The molecular formula is C12H17N3O. The number of fused-ring (bicyclic) bond motifs is 4. The number of aromatic nitrogens is 2. The van der Waals surface area contributed by atoms with Gasteiger partial charge in [-0.1, -0.05) is 0 Å². The molecule has 3 aliphatic rings. The fourth-order valence-electron chi connectivity index (χ4n) is 3.00. The summed E-state index contributed by atoms with van der Waals surface area (Å²) in [7, 11) is 0. The Labute approximate surface area is 95.1 Å². The Morgan fingerprint density at radius 3 is 2.38 bits per heavy atom. The second-order valence-electron chi connectivity index (χ2n) is 5.06. The van der Waals surface area contributed by atoms with E-state index in [9.17, 15) is 4.79 Å². The fourth-order valence-corrected chi connectivity index (χ4v) is 3.00. The molecule has 2 saturated heterocycles. The first kappa shape index (κ1) is 9.87. The zero-order valence-electron chi connectivity index (χ0n) is 9.35. The van der Waals surface area contributed by atoms with Crippen LogP contribution in [0.5, 0.6) is 0 Å². The molecule has 86 valence electrons. The van der Waals surface area contributed by atoms with Gasteiger partial charge in [0.25, 0.3) is 5.91 Å². The molecule has 3 heterocycles. The van der Waals surface area contributed by atoms with E-state index in [0.29, 0.717) is 5.69 Å². The quantitative estimate of drug-likeness (QED) is 0.781. The average Bonchev–Trinajstić information content (AvgIpc) is 2.68. The summed E-state index contributed by atoms with van der Waals surface area (Å²) < 4.78 is 0. The number of carbonyl (C=O) groups is 1. The fraction of sp³-hybridized carbons (Fsp3) is 0.667. The van der Waals surface area contributed by atoms with Gasteiger partial charge in [0.15, 0.2) is 0 Å². The van der Waals surface area contributed by atoms with E-state index in [1.54, 1.807) is 12.5 Å². The molecule has 1 saturated carbocycles. The highest BCUT2D eigenvalue weighted by Crippen LogP contribution is 2.34. The number of H-pyrrole nitrogens is 1. The van der Waals surface area contributed by atoms with Gasteiger partial charge in [-0.25, -0.2) is 4.98 Å². The van der Waals surface area contributed by atoms with Crippen LogP contribution in [0.1, 0.15) is 36.2 Å². The van der Waals surface area contributed by atoms with Crippen molar-refractivity contribution < 1.29 is 4.79 Å². The molecule has 2 aliphatic heterocycles. The summed E-state index contributed by atoms with van der Waals surface area (Å²) in [6.45, 7) is 1.88. The lowest BCUT2D eigenvalue weighted by Crippen LogP contribution is -2.34. The van der Waals surface area contributed by atoms with Gasteiger partial charge >= 0.3 is 0 Å². The van der Waals surface area contributed by atoms with E-state index in [1.165, 1.54) is 25.7 Å². The maximum atomic E-state index is 12.2. The zero-order valence-corrected chi connectivity index (χ0v) is 9.35. The van der Waals surface area contributed by atoms with Gasteiger partial charge in [0.1, 0.15) is 5.69 Å². The maximum Gasteiger partial charge on any atom is 0.271 e. The molecule has 4 rings (SSSR count). The van der Waals surface area contributed by atoms with Crippen LogP contribution in [0.3, 0.4) is 0 Å². The van der Waals surface area contributed by atoms with Gasteiger partial charge in [0.2, 0.25) is 0 Å². The number of imidazole rings is 1. The van der Waals surface area contributed by atoms with E-state index < -0.39 is 0 Å². The van der Waals surface area contributed by atoms with Crippen LogP contribution in [0, 0.1) is 11.8 Å². The van der Waals surface area contributed by atoms with Gasteiger partial charge in [-0.2, -0.15) is 0 Å². The average molecular weight is 219 g/mol. The van der Waals surface area contributed by atoms with E-state index in [1.807, 2.05) is 4.90 Å². The summed E-state index contributed by atoms with van der Waals surface area (Å²) in [5.41, 5.74) is 0.626. The predicted molar refractivity (Wildman–Crippen MR) is 59.9 cm³/mol. The third-order valence-electron chi connectivity index (χ3n) is 3.94. The minimum absolute atomic E-state index is 0.122. The van der Waals surface area contributed by atoms with Crippen molar-refractivity contribution in [3.8, 4) is 0 Å². The van der Waals surface area contributed by atoms with Gasteiger partial charge < -0.3 is 9.88 Å². The second kappa shape index (κ2) is 3.92. The normalized spacial score (nSPS) is 29.1. The first-order valence-electron chi connectivity index (χ1n) is 6.10. The molecular weight excluding hydrogens is 202 g/mol. The molecule has 3 fully saturated rings. The van der Waals surface area contributed by atoms with E-state index in [2.05, 4.69) is 9.97 Å². The molecule has 1 aromatic heterocycles. The summed E-state index contributed by atoms with van der Waals surface area (Å²) >= 11 is 0. The molecule has 4 heteroatoms. The van der Waals surface area contributed by atoms with Crippen molar-refractivity contribution in [3.63, 3.8) is 0 Å². The standard InChI is InChI=1S/C12H17N3O/c16-12(11-5-13-8-14-11)15-6-9-1-2-10(7-15)4-3-9/h5,8-10H,1-4,6-7H2,(H,13,14). The third-order valence-corrected chi connectivity index (χ3v) is 3.94. The Kier molecular flexibility index (Phi) is 2.42. The van der Waals surface area contributed by atoms with Crippen molar-refractivity contribution >= 4 is 5.91 Å². The van der Waals surface area contributed by atoms with E-state index in [4.69, 9.17) is 0 Å². The van der Waals surface area contributed by atoms with Crippen LogP contribution in [-0.2, 0) is 0 Å². The van der Waals surface area contributed by atoms with Crippen molar-refractivity contribution in [1.29, 1.82) is 0 Å². The Morgan fingerprint density at radius 1 is 1.25 bits per heavy atom. The summed E-state index contributed by atoms with van der Waals surface area (Å²) in [4.78, 5) is 21.0. The van der Waals surface area contributed by atoms with Crippen molar-refractivity contribution in [2.75, 3.05) is 13.1 Å². The number of aromatic amines is 1. The van der Waals surface area contributed by atoms with Crippen molar-refractivity contribution in [3.05, 3.63) is 18.2 Å². The lowest BCUT2D eigenvalue weighted by molar-refractivity contribution is 0.0734. The lowest BCUT2D eigenvalue weighted by atomic mass is 9.84. The molecule has 4 nitrogen and oxygen atoms in total. The molecule has 0 spiro atoms. The van der Waals surface area contributed by atoms with Gasteiger partial charge in [0.05, 0.1) is 12.5 Å². The molecule has 2 bridgehead atoms. The number of carbonyl (C=O) groups excluding carboxylic acids is 1. The smallest absolute Gasteiger partial charge is 0.271 e. The minimum atomic E-state index is 0.122. The number of nitrogens with one attached hydrogen (secondary N) is 1. The summed E-state index contributed by atoms with van der Waals surface area (Å²) in [6.07, 6.45) is 8.40. The summed E-state index contributed by atoms with van der Waals surface area (Å²) in [6, 6.07) is 0. The molecule has 0 unspecified atom stereocenters. The van der Waals surface area contributed by atoms with Crippen LogP contribution in [0.4, 0.5) is 0 Å². The number of amides is 1. The Morgan fingerprint density at radius 2 is 1.88 bits per heavy atom. The first-order valence-corrected chi connectivity index (χ1v) is 6.10. The molecule has 0 aromatic carbocycles. The lowest BCUT2D eigenvalue weighted by Gasteiger charge is -2.21. The summed E-state index contributed by atoms with van der Waals surface area (Å²) in [5, 5.41) is 0. The monoisotopic (exact) mass is 219 g/mol. The predicted octanol–water partition coefficient (Wildman–Crippen LogP) is 1.67. The third kappa shape index (κ3) is 1.72. The maximum absolute atomic E-state index is 12.2. The Balaban J connectivity index is 1.77. The van der Waals surface area contributed by atoms with Crippen LogP contribution in [0.2, 0.25) is 0 Å². The van der Waals surface area contributed by atoms with Gasteiger partial charge in [-0.3, -0.25) is 4.79 Å². The van der Waals surface area contributed by atoms with Crippen LogP contribution in [0.15, 0.2) is 12.5 Å². The molecule has 1 N–H and O–H groups in total. The van der Waals surface area contributed by atoms with Crippen LogP contribution in [0.25, 0.3) is 0 Å². The van der Waals surface area contributed by atoms with Crippen LogP contribution in [-0.4, -0.2) is 33.9 Å². The highest BCUT2D eigenvalue weighted by atomic mass is 16.2. The SMILES string of the molecule is O=C(c1cnc[nH]1)N1CC2CCC(CC2)C1. The van der Waals surface area contributed by atoms with Gasteiger partial charge in [-0.05, 0) is 37.5 Å². The number of hydrogen-bond acceptors (Lipinski definition) is 2. The molecule has 0 radical (unpaired) electrons. The van der Waals surface area contributed by atoms with E-state index >= 15 is 0 Å². The van der Waals surface area contributed by atoms with Crippen molar-refractivity contribution in [2.45, 2.75) is 25.7 Å². The summed E-state index contributed by atoms with van der Waals surface area (Å²) in [5.74, 6) is 1.58. The molecule has 16 heavy (non-hydrogen) atoms. The molecule has 1 aliphatic carbocycles. The van der Waals surface area contributed by atoms with E-state index in [0.717, 1.165) is 24.9 Å². The zero-order chi connectivity index (χ0) is 11.0. The molecule has 0 atom stereocenters. The molecule has 1 aromatic rings. The Hall–Kier alpha value is -1.32. The minimum Gasteiger partial charge on any atom is -0.341 e. The van der Waals surface area contributed by atoms with Gasteiger partial charge in [-0.15, -0.1) is 0 Å². The second-order valence-corrected chi connectivity index (χ2v) is 5.06. The van der Waals surface area contributed by atoms with Gasteiger partial charge in [0, 0.05) is 13.1 Å². The van der Waals surface area contributed by atoms with Crippen LogP contribution >= 0.6 is 0 Å². The largest absolute Gasteiger partial charge is 0.341 e. The Bertz CT molecular complexity index is 352. The van der Waals surface area contributed by atoms with Crippen LogP contribution < -0.4 is 0 Å². The number of hydrogen-bond donors (Lipinski definition) is 1. The van der Waals surface area contributed by atoms with Crippen molar-refractivity contribution in [1.82, 2.24) is 14.9 Å².